The van der Waals surface area contributed by atoms with Crippen molar-refractivity contribution in [1.29, 1.82) is 0 Å². The van der Waals surface area contributed by atoms with Crippen LogP contribution < -0.4 is 0 Å². The zero-order valence-electron chi connectivity index (χ0n) is 10.9. The van der Waals surface area contributed by atoms with Gasteiger partial charge in [0.1, 0.15) is 0 Å². The van der Waals surface area contributed by atoms with Crippen LogP contribution in [0.1, 0.15) is 64.2 Å². The van der Waals surface area contributed by atoms with Crippen molar-refractivity contribution in [3.8, 4) is 0 Å². The van der Waals surface area contributed by atoms with E-state index in [0.717, 1.165) is 0 Å². The molecule has 17 heavy (non-hydrogen) atoms. The van der Waals surface area contributed by atoms with Gasteiger partial charge in [0, 0.05) is 0 Å². The Bertz CT molecular complexity index is 196. The van der Waals surface area contributed by atoms with Gasteiger partial charge in [0.25, 0.3) is 0 Å². The van der Waals surface area contributed by atoms with Gasteiger partial charge < -0.3 is 0 Å². The Hall–Kier alpha value is 2.00. The normalized spacial score (nSPS) is 25.1. The molecule has 2 aliphatic carbocycles. The first-order valence-corrected chi connectivity index (χ1v) is 15.9. The van der Waals surface area contributed by atoms with E-state index in [9.17, 15) is 0 Å². The maximum atomic E-state index is 2.79. The van der Waals surface area contributed by atoms with E-state index in [4.69, 9.17) is 0 Å². The fraction of sp³-hybridized carbons (Fsp3) is 1.00. The Labute approximate surface area is 137 Å². The van der Waals surface area contributed by atoms with Crippen LogP contribution in [0.15, 0.2) is 0 Å². The van der Waals surface area contributed by atoms with Crippen molar-refractivity contribution in [3.63, 3.8) is 0 Å². The van der Waals surface area contributed by atoms with E-state index in [1.807, 2.05) is 0 Å². The molecule has 0 N–H and O–H groups in total. The van der Waals surface area contributed by atoms with Crippen LogP contribution in [0, 0.1) is 0 Å². The van der Waals surface area contributed by atoms with Crippen molar-refractivity contribution in [2.45, 2.75) is 73.7 Å². The second-order valence-electron chi connectivity index (χ2n) is 6.17. The first-order chi connectivity index (χ1) is 8.33. The van der Waals surface area contributed by atoms with Gasteiger partial charge in [-0.1, -0.05) is 0 Å². The van der Waals surface area contributed by atoms with E-state index in [0.29, 0.717) is 0 Å². The van der Waals surface area contributed by atoms with Gasteiger partial charge in [-0.15, -0.1) is 0 Å². The van der Waals surface area contributed by atoms with Crippen molar-refractivity contribution < 1.29 is 0 Å². The van der Waals surface area contributed by atoms with Gasteiger partial charge >= 0.3 is 139 Å². The van der Waals surface area contributed by atoms with Crippen LogP contribution in [0.3, 0.4) is 0 Å². The van der Waals surface area contributed by atoms with Crippen LogP contribution in [0.2, 0.25) is 9.50 Å². The molecule has 0 bridgehead atoms. The molecule has 100 valence electrons. The van der Waals surface area contributed by atoms with E-state index in [1.54, 1.807) is 57.9 Å². The molecule has 2 rings (SSSR count). The second kappa shape index (κ2) is 7.70. The standard InChI is InChI=1S/C14H26GeI2/c16-11-15(12-17,13-7-3-1-4-8-13)14-9-5-2-6-10-14/h13-14H,1-12H2. The Kier molecular flexibility index (Phi) is 6.97. The van der Waals surface area contributed by atoms with Crippen molar-refractivity contribution in [2.24, 2.45) is 0 Å². The molecule has 0 radical (unpaired) electrons. The summed E-state index contributed by atoms with van der Waals surface area (Å²) >= 11 is 4.02. The molecule has 0 saturated heterocycles. The molecular formula is C14H26GeI2. The van der Waals surface area contributed by atoms with Gasteiger partial charge in [-0.2, -0.15) is 0 Å². The fourth-order valence-electron chi connectivity index (χ4n) is 4.16. The van der Waals surface area contributed by atoms with Gasteiger partial charge in [0.15, 0.2) is 0 Å². The number of halogens is 2. The van der Waals surface area contributed by atoms with Crippen LogP contribution in [0.5, 0.6) is 0 Å². The SMILES string of the molecule is I[CH2][Ge]([CH2]I)([CH]1CCCCC1)[CH]1CCCCC1. The Morgan fingerprint density at radius 2 is 1.00 bits per heavy atom. The maximum absolute atomic E-state index is 2.79. The van der Waals surface area contributed by atoms with Gasteiger partial charge in [-0.3, -0.25) is 0 Å². The summed E-state index contributed by atoms with van der Waals surface area (Å²) in [4.78, 5) is 0. The van der Waals surface area contributed by atoms with Crippen molar-refractivity contribution in [2.75, 3.05) is 6.52 Å². The number of hydrogen-bond donors (Lipinski definition) is 0. The molecule has 0 unspecified atom stereocenters. The van der Waals surface area contributed by atoms with E-state index in [2.05, 4.69) is 45.2 Å². The molecule has 2 fully saturated rings. The minimum absolute atomic E-state index is 1.24. The van der Waals surface area contributed by atoms with Crippen molar-refractivity contribution in [3.05, 3.63) is 0 Å². The van der Waals surface area contributed by atoms with Crippen LogP contribution in [0.4, 0.5) is 0 Å². The third-order valence-electron chi connectivity index (χ3n) is 5.33. The van der Waals surface area contributed by atoms with Crippen LogP contribution in [-0.2, 0) is 0 Å². The third kappa shape index (κ3) is 3.56. The first kappa shape index (κ1) is 15.4. The van der Waals surface area contributed by atoms with Crippen LogP contribution in [-0.4, -0.2) is 19.8 Å². The number of hydrogen-bond acceptors (Lipinski definition) is 0. The predicted molar refractivity (Wildman–Crippen MR) is 97.2 cm³/mol. The molecule has 2 aliphatic rings. The summed E-state index contributed by atoms with van der Waals surface area (Å²) in [5, 5.41) is 0. The Morgan fingerprint density at radius 3 is 1.29 bits per heavy atom. The minimum atomic E-state index is -1.55. The topological polar surface area (TPSA) is 0 Å². The second-order valence-corrected chi connectivity index (χ2v) is 23.8. The van der Waals surface area contributed by atoms with Crippen molar-refractivity contribution >= 4 is 58.4 Å². The number of rotatable bonds is 4. The van der Waals surface area contributed by atoms with E-state index in [1.165, 1.54) is 22.3 Å². The van der Waals surface area contributed by atoms with E-state index in [-0.39, 0.29) is 0 Å². The zero-order valence-corrected chi connectivity index (χ0v) is 17.3. The number of alkyl halides is 2. The Morgan fingerprint density at radius 1 is 0.647 bits per heavy atom. The third-order valence-corrected chi connectivity index (χ3v) is 31.4. The van der Waals surface area contributed by atoms with E-state index >= 15 is 0 Å². The van der Waals surface area contributed by atoms with Crippen LogP contribution >= 0.6 is 45.2 Å². The van der Waals surface area contributed by atoms with Crippen LogP contribution in [0.25, 0.3) is 0 Å². The summed E-state index contributed by atoms with van der Waals surface area (Å²) in [6.07, 6.45) is 15.7. The molecule has 0 aromatic carbocycles. The fourth-order valence-corrected chi connectivity index (χ4v) is 35.2. The molecule has 0 aromatic heterocycles. The molecule has 0 atom stereocenters. The van der Waals surface area contributed by atoms with Gasteiger partial charge in [-0.05, 0) is 0 Å². The monoisotopic (exact) mass is 522 g/mol. The first-order valence-electron chi connectivity index (χ1n) is 7.45. The molecule has 0 heterocycles. The average molecular weight is 521 g/mol. The van der Waals surface area contributed by atoms with Gasteiger partial charge in [0.2, 0.25) is 0 Å². The summed E-state index contributed by atoms with van der Waals surface area (Å²) < 4.78 is 5.66. The van der Waals surface area contributed by atoms with Gasteiger partial charge in [-0.25, -0.2) is 0 Å². The zero-order chi connectivity index (χ0) is 12.1. The average Bonchev–Trinajstić information content (AvgIpc) is 2.43. The summed E-state index contributed by atoms with van der Waals surface area (Å²) in [6, 6.07) is 0. The molecule has 0 aliphatic heterocycles. The summed E-state index contributed by atoms with van der Waals surface area (Å²) in [7, 11) is 0. The Balaban J connectivity index is 2.10. The summed E-state index contributed by atoms with van der Waals surface area (Å²) in [6.45, 7) is 0. The molecule has 0 aromatic rings. The molecule has 0 spiro atoms. The predicted octanol–water partition coefficient (Wildman–Crippen LogP) is 6.05. The molecular weight excluding hydrogens is 495 g/mol. The quantitative estimate of drug-likeness (QED) is 0.240. The molecule has 0 nitrogen and oxygen atoms in total. The molecule has 0 amide bonds. The summed E-state index contributed by atoms with van der Waals surface area (Å²) in [5.74, 6) is 0. The van der Waals surface area contributed by atoms with Crippen molar-refractivity contribution in [1.82, 2.24) is 0 Å². The van der Waals surface area contributed by atoms with E-state index < -0.39 is 13.3 Å². The molecule has 3 heteroatoms. The molecule has 2 saturated carbocycles. The summed E-state index contributed by atoms with van der Waals surface area (Å²) in [5.41, 5.74) is 0. The van der Waals surface area contributed by atoms with Gasteiger partial charge in [0.05, 0.1) is 0 Å².